The van der Waals surface area contributed by atoms with Crippen molar-refractivity contribution in [1.82, 2.24) is 4.98 Å². The van der Waals surface area contributed by atoms with Gasteiger partial charge in [-0.05, 0) is 0 Å². The van der Waals surface area contributed by atoms with Crippen LogP contribution in [0.1, 0.15) is 9.80 Å². The molecule has 52 valence electrons. The molecular weight excluding hydrogens is 154 g/mol. The van der Waals surface area contributed by atoms with E-state index in [1.807, 2.05) is 0 Å². The van der Waals surface area contributed by atoms with Gasteiger partial charge in [-0.1, -0.05) is 0 Å². The number of hydrogen-bond acceptors (Lipinski definition) is 4. The topological polar surface area (TPSA) is 67.3 Å². The molecular formula is C5H3NO3S. The predicted octanol–water partition coefficient (Wildman–Crippen LogP) is 0.410. The lowest BCUT2D eigenvalue weighted by atomic mass is 10.4. The third-order valence-electron chi connectivity index (χ3n) is 0.821. The molecule has 0 atom stereocenters. The lowest BCUT2D eigenvalue weighted by Gasteiger charge is -1.83. The number of Topliss-reactive ketones (excluding diaryl/α,β-unsaturated/α-hetero) is 1. The van der Waals surface area contributed by atoms with Crippen molar-refractivity contribution in [1.29, 1.82) is 0 Å². The number of nitrogens with zero attached hydrogens (tertiary/aromatic N) is 1. The van der Waals surface area contributed by atoms with E-state index in [0.717, 1.165) is 11.3 Å². The van der Waals surface area contributed by atoms with Crippen molar-refractivity contribution in [2.45, 2.75) is 0 Å². The van der Waals surface area contributed by atoms with Crippen molar-refractivity contribution >= 4 is 23.1 Å². The standard InChI is InChI=1S/C5H3NO3S/c7-3(5(8)9)4-6-1-2-10-4/h1-2H,(H,8,9). The fourth-order valence-corrected chi connectivity index (χ4v) is 0.994. The number of rotatable bonds is 2. The van der Waals surface area contributed by atoms with Crippen LogP contribution in [0.25, 0.3) is 0 Å². The Balaban J connectivity index is 2.88. The minimum Gasteiger partial charge on any atom is -0.475 e. The normalized spacial score (nSPS) is 9.20. The Hall–Kier alpha value is -1.23. The maximum absolute atomic E-state index is 10.6. The number of aromatic nitrogens is 1. The van der Waals surface area contributed by atoms with Crippen LogP contribution in [0.2, 0.25) is 0 Å². The molecule has 4 nitrogen and oxygen atoms in total. The van der Waals surface area contributed by atoms with E-state index in [-0.39, 0.29) is 5.01 Å². The second-order valence-corrected chi connectivity index (χ2v) is 2.37. The van der Waals surface area contributed by atoms with Crippen LogP contribution >= 0.6 is 11.3 Å². The lowest BCUT2D eigenvalue weighted by Crippen LogP contribution is -2.11. The molecule has 1 aromatic rings. The van der Waals surface area contributed by atoms with Gasteiger partial charge in [-0.2, -0.15) is 0 Å². The Morgan fingerprint density at radius 3 is 2.70 bits per heavy atom. The van der Waals surface area contributed by atoms with Gasteiger partial charge >= 0.3 is 5.97 Å². The molecule has 0 spiro atoms. The molecule has 1 rings (SSSR count). The number of thiazole rings is 1. The number of carboxylic acids is 1. The third-order valence-corrected chi connectivity index (χ3v) is 1.59. The molecule has 0 aromatic carbocycles. The molecule has 1 heterocycles. The first-order valence-corrected chi connectivity index (χ1v) is 3.27. The van der Waals surface area contributed by atoms with E-state index < -0.39 is 11.8 Å². The van der Waals surface area contributed by atoms with Gasteiger partial charge in [-0.25, -0.2) is 9.78 Å². The Labute approximate surface area is 60.1 Å². The van der Waals surface area contributed by atoms with Crippen LogP contribution in [-0.4, -0.2) is 21.8 Å². The quantitative estimate of drug-likeness (QED) is 0.498. The van der Waals surface area contributed by atoms with Crippen LogP contribution < -0.4 is 0 Å². The number of carboxylic acid groups (broad SMARTS) is 1. The smallest absolute Gasteiger partial charge is 0.379 e. The van der Waals surface area contributed by atoms with Crippen molar-refractivity contribution in [3.05, 3.63) is 16.6 Å². The number of ketones is 1. The van der Waals surface area contributed by atoms with Gasteiger partial charge in [0.25, 0.3) is 5.78 Å². The van der Waals surface area contributed by atoms with E-state index in [2.05, 4.69) is 4.98 Å². The highest BCUT2D eigenvalue weighted by molar-refractivity contribution is 7.12. The fraction of sp³-hybridized carbons (Fsp3) is 0. The van der Waals surface area contributed by atoms with Crippen LogP contribution in [0.15, 0.2) is 11.6 Å². The molecule has 0 aliphatic heterocycles. The van der Waals surface area contributed by atoms with Gasteiger partial charge in [0.1, 0.15) is 0 Å². The zero-order valence-electron chi connectivity index (χ0n) is 4.77. The molecule has 0 saturated heterocycles. The van der Waals surface area contributed by atoms with Crippen molar-refractivity contribution in [2.75, 3.05) is 0 Å². The van der Waals surface area contributed by atoms with E-state index in [1.165, 1.54) is 6.20 Å². The maximum Gasteiger partial charge on any atom is 0.379 e. The molecule has 0 amide bonds. The summed E-state index contributed by atoms with van der Waals surface area (Å²) < 4.78 is 0. The van der Waals surface area contributed by atoms with Crippen molar-refractivity contribution in [3.63, 3.8) is 0 Å². The second-order valence-electron chi connectivity index (χ2n) is 1.47. The van der Waals surface area contributed by atoms with E-state index in [1.54, 1.807) is 5.38 Å². The summed E-state index contributed by atoms with van der Waals surface area (Å²) in [6, 6.07) is 0. The maximum atomic E-state index is 10.6. The molecule has 10 heavy (non-hydrogen) atoms. The van der Waals surface area contributed by atoms with Crippen LogP contribution in [-0.2, 0) is 4.79 Å². The van der Waals surface area contributed by atoms with E-state index in [0.29, 0.717) is 0 Å². The molecule has 0 fully saturated rings. The van der Waals surface area contributed by atoms with Crippen molar-refractivity contribution in [3.8, 4) is 0 Å². The zero-order valence-corrected chi connectivity index (χ0v) is 5.59. The number of carbonyl (C=O) groups is 2. The van der Waals surface area contributed by atoms with E-state index in [9.17, 15) is 9.59 Å². The Bertz CT molecular complexity index is 254. The zero-order chi connectivity index (χ0) is 7.56. The summed E-state index contributed by atoms with van der Waals surface area (Å²) in [5.41, 5.74) is 0. The summed E-state index contributed by atoms with van der Waals surface area (Å²) in [7, 11) is 0. The lowest BCUT2D eigenvalue weighted by molar-refractivity contribution is -0.131. The number of aliphatic carboxylic acids is 1. The minimum atomic E-state index is -1.46. The summed E-state index contributed by atoms with van der Waals surface area (Å²) in [6.45, 7) is 0. The van der Waals surface area contributed by atoms with Crippen molar-refractivity contribution in [2.24, 2.45) is 0 Å². The molecule has 5 heteroatoms. The summed E-state index contributed by atoms with van der Waals surface area (Å²) in [5, 5.41) is 9.74. The van der Waals surface area contributed by atoms with Gasteiger partial charge < -0.3 is 5.11 Å². The number of carbonyl (C=O) groups excluding carboxylic acids is 1. The van der Waals surface area contributed by atoms with Gasteiger partial charge in [-0.15, -0.1) is 11.3 Å². The Kier molecular flexibility index (Phi) is 1.77. The second kappa shape index (κ2) is 2.57. The highest BCUT2D eigenvalue weighted by Crippen LogP contribution is 2.03. The SMILES string of the molecule is O=C(O)C(=O)c1nccs1. The molecule has 1 N–H and O–H groups in total. The molecule has 1 aromatic heterocycles. The molecule has 0 radical (unpaired) electrons. The fourth-order valence-electron chi connectivity index (χ4n) is 0.427. The third kappa shape index (κ3) is 1.19. The van der Waals surface area contributed by atoms with Gasteiger partial charge in [-0.3, -0.25) is 4.79 Å². The molecule has 0 aliphatic rings. The first-order chi connectivity index (χ1) is 4.72. The van der Waals surface area contributed by atoms with Crippen LogP contribution in [0.4, 0.5) is 0 Å². The largest absolute Gasteiger partial charge is 0.475 e. The molecule has 0 aliphatic carbocycles. The summed E-state index contributed by atoms with van der Waals surface area (Å²) in [5.74, 6) is -2.41. The average molecular weight is 157 g/mol. The van der Waals surface area contributed by atoms with E-state index >= 15 is 0 Å². The van der Waals surface area contributed by atoms with Gasteiger partial charge in [0, 0.05) is 11.6 Å². The highest BCUT2D eigenvalue weighted by atomic mass is 32.1. The van der Waals surface area contributed by atoms with Crippen LogP contribution in [0, 0.1) is 0 Å². The van der Waals surface area contributed by atoms with Gasteiger partial charge in [0.15, 0.2) is 5.01 Å². The summed E-state index contributed by atoms with van der Waals surface area (Å²) in [6.07, 6.45) is 1.39. The molecule has 0 saturated carbocycles. The predicted molar refractivity (Wildman–Crippen MR) is 34.1 cm³/mol. The molecule has 0 bridgehead atoms. The van der Waals surface area contributed by atoms with Crippen molar-refractivity contribution < 1.29 is 14.7 Å². The van der Waals surface area contributed by atoms with Crippen LogP contribution in [0.5, 0.6) is 0 Å². The summed E-state index contributed by atoms with van der Waals surface area (Å²) in [4.78, 5) is 24.1. The Morgan fingerprint density at radius 2 is 2.30 bits per heavy atom. The first kappa shape index (κ1) is 6.88. The highest BCUT2D eigenvalue weighted by Gasteiger charge is 2.16. The van der Waals surface area contributed by atoms with Gasteiger partial charge in [0.05, 0.1) is 0 Å². The number of hydrogen-bond donors (Lipinski definition) is 1. The minimum absolute atomic E-state index is 0.0208. The monoisotopic (exact) mass is 157 g/mol. The first-order valence-electron chi connectivity index (χ1n) is 2.39. The Morgan fingerprint density at radius 1 is 1.60 bits per heavy atom. The summed E-state index contributed by atoms with van der Waals surface area (Å²) >= 11 is 1.02. The van der Waals surface area contributed by atoms with Crippen LogP contribution in [0.3, 0.4) is 0 Å². The van der Waals surface area contributed by atoms with E-state index in [4.69, 9.17) is 5.11 Å². The average Bonchev–Trinajstić information content (AvgIpc) is 2.36. The van der Waals surface area contributed by atoms with Gasteiger partial charge in [0.2, 0.25) is 0 Å². The molecule has 0 unspecified atom stereocenters.